The van der Waals surface area contributed by atoms with Crippen molar-refractivity contribution in [2.45, 2.75) is 52.1 Å². The smallest absolute Gasteiger partial charge is 0.345 e. The molecule has 0 radical (unpaired) electrons. The number of nitrogens with zero attached hydrogens (tertiary/aromatic N) is 4. The molecule has 1 aromatic carbocycles. The van der Waals surface area contributed by atoms with Gasteiger partial charge in [0, 0.05) is 45.6 Å². The van der Waals surface area contributed by atoms with Gasteiger partial charge in [-0.15, -0.1) is 0 Å². The molecule has 1 aromatic heterocycles. The molecule has 3 rings (SSSR count). The largest absolute Gasteiger partial charge is 0.494 e. The Bertz CT molecular complexity index is 827. The van der Waals surface area contributed by atoms with Crippen molar-refractivity contribution in [1.29, 1.82) is 0 Å². The SMILES string of the molecule is CCNC(=NCCCOc1ccccc1)NCCCn1nc2n(c1=O)CCCC2. The molecule has 0 amide bonds. The van der Waals surface area contributed by atoms with Gasteiger partial charge in [-0.3, -0.25) is 9.56 Å². The fourth-order valence-corrected chi connectivity index (χ4v) is 3.33. The minimum Gasteiger partial charge on any atom is -0.494 e. The molecule has 29 heavy (non-hydrogen) atoms. The van der Waals surface area contributed by atoms with Gasteiger partial charge in [-0.2, -0.15) is 5.10 Å². The minimum absolute atomic E-state index is 0.0266. The van der Waals surface area contributed by atoms with E-state index in [-0.39, 0.29) is 5.69 Å². The lowest BCUT2D eigenvalue weighted by atomic mass is 10.2. The summed E-state index contributed by atoms with van der Waals surface area (Å²) in [6.45, 7) is 6.34. The normalized spacial score (nSPS) is 13.8. The number of rotatable bonds is 10. The molecule has 0 saturated heterocycles. The summed E-state index contributed by atoms with van der Waals surface area (Å²) in [6.07, 6.45) is 4.76. The van der Waals surface area contributed by atoms with Gasteiger partial charge < -0.3 is 15.4 Å². The van der Waals surface area contributed by atoms with Crippen LogP contribution in [-0.2, 0) is 19.5 Å². The fourth-order valence-electron chi connectivity index (χ4n) is 3.33. The van der Waals surface area contributed by atoms with E-state index in [1.165, 1.54) is 0 Å². The quantitative estimate of drug-likeness (QED) is 0.361. The van der Waals surface area contributed by atoms with Gasteiger partial charge in [-0.1, -0.05) is 18.2 Å². The third-order valence-electron chi connectivity index (χ3n) is 4.80. The molecule has 158 valence electrons. The molecule has 1 aliphatic rings. The number of benzene rings is 1. The van der Waals surface area contributed by atoms with Gasteiger partial charge in [-0.25, -0.2) is 9.48 Å². The van der Waals surface area contributed by atoms with Crippen molar-refractivity contribution in [2.75, 3.05) is 26.2 Å². The molecule has 0 fully saturated rings. The van der Waals surface area contributed by atoms with Gasteiger partial charge in [0.15, 0.2) is 5.96 Å². The lowest BCUT2D eigenvalue weighted by Gasteiger charge is -2.11. The number of ether oxygens (including phenoxy) is 1. The van der Waals surface area contributed by atoms with E-state index in [0.717, 1.165) is 69.3 Å². The van der Waals surface area contributed by atoms with Gasteiger partial charge >= 0.3 is 5.69 Å². The summed E-state index contributed by atoms with van der Waals surface area (Å²) in [7, 11) is 0. The van der Waals surface area contributed by atoms with Gasteiger partial charge in [0.25, 0.3) is 0 Å². The second-order valence-corrected chi connectivity index (χ2v) is 7.09. The zero-order chi connectivity index (χ0) is 20.3. The highest BCUT2D eigenvalue weighted by Crippen LogP contribution is 2.09. The average Bonchev–Trinajstić information content (AvgIpc) is 3.07. The summed E-state index contributed by atoms with van der Waals surface area (Å²) in [4.78, 5) is 16.9. The van der Waals surface area contributed by atoms with E-state index in [2.05, 4.69) is 20.7 Å². The predicted molar refractivity (Wildman–Crippen MR) is 115 cm³/mol. The summed E-state index contributed by atoms with van der Waals surface area (Å²) in [6, 6.07) is 9.82. The number of hydrogen-bond acceptors (Lipinski definition) is 4. The van der Waals surface area contributed by atoms with Crippen molar-refractivity contribution in [3.05, 3.63) is 46.6 Å². The Morgan fingerprint density at radius 2 is 2.07 bits per heavy atom. The van der Waals surface area contributed by atoms with E-state index in [4.69, 9.17) is 4.74 Å². The van der Waals surface area contributed by atoms with Crippen molar-refractivity contribution in [3.63, 3.8) is 0 Å². The number of nitrogens with one attached hydrogen (secondary N) is 2. The number of fused-ring (bicyclic) bond motifs is 1. The second-order valence-electron chi connectivity index (χ2n) is 7.09. The van der Waals surface area contributed by atoms with E-state index in [9.17, 15) is 4.79 Å². The summed E-state index contributed by atoms with van der Waals surface area (Å²) < 4.78 is 9.11. The van der Waals surface area contributed by atoms with Crippen molar-refractivity contribution >= 4 is 5.96 Å². The molecule has 2 aromatic rings. The van der Waals surface area contributed by atoms with E-state index >= 15 is 0 Å². The first kappa shape index (κ1) is 21.0. The van der Waals surface area contributed by atoms with Crippen LogP contribution in [-0.4, -0.2) is 46.5 Å². The molecule has 0 saturated carbocycles. The van der Waals surface area contributed by atoms with Crippen LogP contribution in [0.4, 0.5) is 0 Å². The summed E-state index contributed by atoms with van der Waals surface area (Å²) in [5.41, 5.74) is 0.0266. The Morgan fingerprint density at radius 3 is 2.86 bits per heavy atom. The second kappa shape index (κ2) is 11.3. The van der Waals surface area contributed by atoms with Crippen molar-refractivity contribution in [1.82, 2.24) is 25.0 Å². The zero-order valence-electron chi connectivity index (χ0n) is 17.3. The number of aryl methyl sites for hydroxylation is 2. The molecule has 0 spiro atoms. The van der Waals surface area contributed by atoms with E-state index in [1.807, 2.05) is 41.8 Å². The first-order valence-electron chi connectivity index (χ1n) is 10.6. The fraction of sp³-hybridized carbons (Fsp3) is 0.571. The molecule has 2 heterocycles. The third-order valence-corrected chi connectivity index (χ3v) is 4.80. The van der Waals surface area contributed by atoms with Crippen LogP contribution in [0.15, 0.2) is 40.1 Å². The molecule has 8 heteroatoms. The van der Waals surface area contributed by atoms with E-state index < -0.39 is 0 Å². The first-order valence-corrected chi connectivity index (χ1v) is 10.6. The maximum absolute atomic E-state index is 12.3. The average molecular weight is 401 g/mol. The Hall–Kier alpha value is -2.77. The van der Waals surface area contributed by atoms with Crippen LogP contribution in [0.5, 0.6) is 5.75 Å². The third kappa shape index (κ3) is 6.37. The Labute approximate surface area is 172 Å². The molecule has 8 nitrogen and oxygen atoms in total. The molecule has 0 bridgehead atoms. The number of guanidine groups is 1. The van der Waals surface area contributed by atoms with Gasteiger partial charge in [0.1, 0.15) is 11.6 Å². The van der Waals surface area contributed by atoms with E-state index in [0.29, 0.717) is 19.7 Å². The summed E-state index contributed by atoms with van der Waals surface area (Å²) >= 11 is 0. The van der Waals surface area contributed by atoms with Crippen molar-refractivity contribution < 1.29 is 4.74 Å². The molecular formula is C21H32N6O2. The highest BCUT2D eigenvalue weighted by Gasteiger charge is 2.16. The van der Waals surface area contributed by atoms with Crippen molar-refractivity contribution in [2.24, 2.45) is 4.99 Å². The number of para-hydroxylation sites is 1. The minimum atomic E-state index is 0.0266. The summed E-state index contributed by atoms with van der Waals surface area (Å²) in [5, 5.41) is 11.1. The van der Waals surface area contributed by atoms with Crippen LogP contribution >= 0.6 is 0 Å². The molecule has 0 unspecified atom stereocenters. The topological polar surface area (TPSA) is 85.5 Å². The highest BCUT2D eigenvalue weighted by atomic mass is 16.5. The zero-order valence-corrected chi connectivity index (χ0v) is 17.3. The van der Waals surface area contributed by atoms with Crippen LogP contribution in [0, 0.1) is 0 Å². The number of hydrogen-bond donors (Lipinski definition) is 2. The maximum Gasteiger partial charge on any atom is 0.345 e. The lowest BCUT2D eigenvalue weighted by Crippen LogP contribution is -2.38. The van der Waals surface area contributed by atoms with Crippen LogP contribution < -0.4 is 21.1 Å². The highest BCUT2D eigenvalue weighted by molar-refractivity contribution is 5.79. The van der Waals surface area contributed by atoms with E-state index in [1.54, 1.807) is 4.68 Å². The number of aromatic nitrogens is 3. The molecule has 2 N–H and O–H groups in total. The maximum atomic E-state index is 12.3. The van der Waals surface area contributed by atoms with Gasteiger partial charge in [-0.05, 0) is 38.3 Å². The van der Waals surface area contributed by atoms with Crippen LogP contribution in [0.1, 0.15) is 38.4 Å². The molecule has 1 aliphatic heterocycles. The van der Waals surface area contributed by atoms with Crippen LogP contribution in [0.2, 0.25) is 0 Å². The van der Waals surface area contributed by atoms with Crippen LogP contribution in [0.25, 0.3) is 0 Å². The molecule has 0 atom stereocenters. The van der Waals surface area contributed by atoms with Gasteiger partial charge in [0.2, 0.25) is 0 Å². The summed E-state index contributed by atoms with van der Waals surface area (Å²) in [5.74, 6) is 2.61. The first-order chi connectivity index (χ1) is 14.3. The lowest BCUT2D eigenvalue weighted by molar-refractivity contribution is 0.313. The molecule has 0 aliphatic carbocycles. The monoisotopic (exact) mass is 400 g/mol. The standard InChI is InChI=1S/C21H32N6O2/c1-2-22-20(24-14-9-17-29-18-10-4-3-5-11-18)23-13-8-16-27-21(28)26-15-7-6-12-19(26)25-27/h3-5,10-11H,2,6-9,12-17H2,1H3,(H2,22,23,24). The van der Waals surface area contributed by atoms with Crippen LogP contribution in [0.3, 0.4) is 0 Å². The molecular weight excluding hydrogens is 368 g/mol. The Balaban J connectivity index is 1.37. The Morgan fingerprint density at radius 1 is 1.21 bits per heavy atom. The van der Waals surface area contributed by atoms with Gasteiger partial charge in [0.05, 0.1) is 6.61 Å². The number of aliphatic imine (C=N–C) groups is 1. The Kier molecular flexibility index (Phi) is 8.15. The van der Waals surface area contributed by atoms with Crippen molar-refractivity contribution in [3.8, 4) is 5.75 Å². The predicted octanol–water partition coefficient (Wildman–Crippen LogP) is 1.80.